The average molecular weight is 375 g/mol. The zero-order chi connectivity index (χ0) is 20.0. The van der Waals surface area contributed by atoms with Gasteiger partial charge >= 0.3 is 0 Å². The number of fused-ring (bicyclic) bond motifs is 3. The van der Waals surface area contributed by atoms with Gasteiger partial charge in [0.25, 0.3) is 0 Å². The van der Waals surface area contributed by atoms with Gasteiger partial charge in [-0.05, 0) is 68.0 Å². The van der Waals surface area contributed by atoms with Gasteiger partial charge in [0.2, 0.25) is 0 Å². The van der Waals surface area contributed by atoms with Gasteiger partial charge in [0.05, 0.1) is 0 Å². The van der Waals surface area contributed by atoms with Gasteiger partial charge in [-0.3, -0.25) is 0 Å². The van der Waals surface area contributed by atoms with Crippen LogP contribution in [-0.4, -0.2) is 0 Å². The predicted octanol–water partition coefficient (Wildman–Crippen LogP) is 7.89. The van der Waals surface area contributed by atoms with E-state index in [1.165, 1.54) is 50.1 Å². The molecule has 0 amide bonds. The molecule has 29 heavy (non-hydrogen) atoms. The lowest BCUT2D eigenvalue weighted by Crippen LogP contribution is -2.14. The lowest BCUT2D eigenvalue weighted by molar-refractivity contribution is 0.592. The van der Waals surface area contributed by atoms with Gasteiger partial charge in [0, 0.05) is 0 Å². The molecule has 0 N–H and O–H groups in total. The number of hydrogen-bond donors (Lipinski definition) is 0. The molecule has 0 unspecified atom stereocenters. The third-order valence-corrected chi connectivity index (χ3v) is 6.04. The van der Waals surface area contributed by atoms with Crippen molar-refractivity contribution in [3.8, 4) is 33.4 Å². The van der Waals surface area contributed by atoms with E-state index in [-0.39, 0.29) is 5.41 Å². The smallest absolute Gasteiger partial charge is 0.000706 e. The van der Waals surface area contributed by atoms with E-state index in [0.29, 0.717) is 0 Å². The first-order valence-electron chi connectivity index (χ1n) is 10.4. The van der Waals surface area contributed by atoms with Crippen LogP contribution in [0.4, 0.5) is 0 Å². The van der Waals surface area contributed by atoms with Gasteiger partial charge in [0.15, 0.2) is 0 Å². The molecular formula is C29H26. The van der Waals surface area contributed by atoms with E-state index in [0.717, 1.165) is 6.42 Å². The standard InChI is InChI=1S/C29H26/c1-29(2,3)26-19-24-23-17-11-10-16-22(23)18-25(24)27(20-12-6-4-7-13-20)28(26)21-14-8-5-9-15-21/h4-17,19H,18H2,1-3H3. The summed E-state index contributed by atoms with van der Waals surface area (Å²) in [5.74, 6) is 0. The monoisotopic (exact) mass is 374 g/mol. The minimum Gasteiger partial charge on any atom is -0.0622 e. The maximum Gasteiger partial charge on any atom is -0.000706 e. The molecule has 0 atom stereocenters. The van der Waals surface area contributed by atoms with Crippen LogP contribution in [0.15, 0.2) is 91.0 Å². The van der Waals surface area contributed by atoms with Crippen LogP contribution >= 0.6 is 0 Å². The molecule has 0 saturated heterocycles. The summed E-state index contributed by atoms with van der Waals surface area (Å²) in [5.41, 5.74) is 12.5. The molecule has 142 valence electrons. The highest BCUT2D eigenvalue weighted by atomic mass is 14.3. The van der Waals surface area contributed by atoms with Crippen molar-refractivity contribution >= 4 is 0 Å². The van der Waals surface area contributed by atoms with Crippen molar-refractivity contribution in [2.45, 2.75) is 32.6 Å². The van der Waals surface area contributed by atoms with Crippen molar-refractivity contribution < 1.29 is 0 Å². The Morgan fingerprint density at radius 2 is 1.14 bits per heavy atom. The van der Waals surface area contributed by atoms with Crippen molar-refractivity contribution in [3.05, 3.63) is 108 Å². The summed E-state index contributed by atoms with van der Waals surface area (Å²) in [6.07, 6.45) is 1.000. The second-order valence-corrected chi connectivity index (χ2v) is 9.02. The zero-order valence-electron chi connectivity index (χ0n) is 17.4. The first-order valence-corrected chi connectivity index (χ1v) is 10.4. The van der Waals surface area contributed by atoms with Gasteiger partial charge in [-0.2, -0.15) is 0 Å². The largest absolute Gasteiger partial charge is 0.0622 e. The van der Waals surface area contributed by atoms with E-state index in [9.17, 15) is 0 Å². The molecule has 0 spiro atoms. The molecule has 1 aliphatic carbocycles. The maximum atomic E-state index is 2.47. The van der Waals surface area contributed by atoms with E-state index in [1.807, 2.05) is 0 Å². The molecule has 0 radical (unpaired) electrons. The molecule has 0 heteroatoms. The quantitative estimate of drug-likeness (QED) is 0.295. The van der Waals surface area contributed by atoms with Gasteiger partial charge < -0.3 is 0 Å². The van der Waals surface area contributed by atoms with Crippen molar-refractivity contribution in [1.82, 2.24) is 0 Å². The van der Waals surface area contributed by atoms with Crippen LogP contribution in [0, 0.1) is 0 Å². The normalized spacial score (nSPS) is 12.5. The van der Waals surface area contributed by atoms with Gasteiger partial charge in [0.1, 0.15) is 0 Å². The van der Waals surface area contributed by atoms with E-state index < -0.39 is 0 Å². The minimum absolute atomic E-state index is 0.0429. The first kappa shape index (κ1) is 17.9. The third kappa shape index (κ3) is 3.00. The fourth-order valence-corrected chi connectivity index (χ4v) is 4.69. The Bertz CT molecular complexity index is 1180. The predicted molar refractivity (Wildman–Crippen MR) is 124 cm³/mol. The summed E-state index contributed by atoms with van der Waals surface area (Å²) in [4.78, 5) is 0. The molecular weight excluding hydrogens is 348 g/mol. The second-order valence-electron chi connectivity index (χ2n) is 9.02. The number of rotatable bonds is 2. The van der Waals surface area contributed by atoms with Crippen LogP contribution in [0.5, 0.6) is 0 Å². The van der Waals surface area contributed by atoms with Crippen LogP contribution in [0.1, 0.15) is 37.5 Å². The Kier molecular flexibility index (Phi) is 4.17. The van der Waals surface area contributed by atoms with E-state index >= 15 is 0 Å². The van der Waals surface area contributed by atoms with Crippen LogP contribution < -0.4 is 0 Å². The highest BCUT2D eigenvalue weighted by molar-refractivity contribution is 5.95. The third-order valence-electron chi connectivity index (χ3n) is 6.04. The molecule has 1 aliphatic rings. The van der Waals surface area contributed by atoms with E-state index in [2.05, 4.69) is 112 Å². The fraction of sp³-hybridized carbons (Fsp3) is 0.172. The SMILES string of the molecule is CC(C)(C)c1cc2c(c(-c3ccccc3)c1-c1ccccc1)Cc1ccccc1-2. The summed E-state index contributed by atoms with van der Waals surface area (Å²) < 4.78 is 0. The molecule has 0 aromatic heterocycles. The number of hydrogen-bond acceptors (Lipinski definition) is 0. The second kappa shape index (κ2) is 6.74. The Labute approximate surface area is 173 Å². The molecule has 0 bridgehead atoms. The van der Waals surface area contributed by atoms with Crippen LogP contribution in [0.3, 0.4) is 0 Å². The molecule has 0 aliphatic heterocycles. The molecule has 0 saturated carbocycles. The van der Waals surface area contributed by atoms with Crippen LogP contribution in [0.25, 0.3) is 33.4 Å². The van der Waals surface area contributed by atoms with Crippen molar-refractivity contribution in [2.24, 2.45) is 0 Å². The molecule has 0 nitrogen and oxygen atoms in total. The summed E-state index contributed by atoms with van der Waals surface area (Å²) in [7, 11) is 0. The van der Waals surface area contributed by atoms with Gasteiger partial charge in [-0.1, -0.05) is 106 Å². The summed E-state index contributed by atoms with van der Waals surface area (Å²) in [5, 5.41) is 0. The van der Waals surface area contributed by atoms with Crippen LogP contribution in [-0.2, 0) is 11.8 Å². The lowest BCUT2D eigenvalue weighted by Gasteiger charge is -2.28. The molecule has 4 aromatic rings. The topological polar surface area (TPSA) is 0 Å². The fourth-order valence-electron chi connectivity index (χ4n) is 4.69. The van der Waals surface area contributed by atoms with Crippen molar-refractivity contribution in [3.63, 3.8) is 0 Å². The molecule has 0 heterocycles. The minimum atomic E-state index is 0.0429. The molecule has 0 fully saturated rings. The Balaban J connectivity index is 1.93. The Morgan fingerprint density at radius 1 is 0.586 bits per heavy atom. The Morgan fingerprint density at radius 3 is 1.76 bits per heavy atom. The maximum absolute atomic E-state index is 2.47. The summed E-state index contributed by atoms with van der Waals surface area (Å²) in [6.45, 7) is 6.99. The van der Waals surface area contributed by atoms with E-state index in [4.69, 9.17) is 0 Å². The zero-order valence-corrected chi connectivity index (χ0v) is 17.4. The average Bonchev–Trinajstić information content (AvgIpc) is 3.11. The summed E-state index contributed by atoms with van der Waals surface area (Å²) >= 11 is 0. The first-order chi connectivity index (χ1) is 14.0. The van der Waals surface area contributed by atoms with E-state index in [1.54, 1.807) is 0 Å². The summed E-state index contributed by atoms with van der Waals surface area (Å²) in [6, 6.07) is 33.2. The lowest BCUT2D eigenvalue weighted by atomic mass is 9.76. The Hall–Kier alpha value is -3.12. The molecule has 5 rings (SSSR count). The highest BCUT2D eigenvalue weighted by Gasteiger charge is 2.30. The van der Waals surface area contributed by atoms with Crippen LogP contribution in [0.2, 0.25) is 0 Å². The number of benzene rings is 4. The van der Waals surface area contributed by atoms with Crippen molar-refractivity contribution in [2.75, 3.05) is 0 Å². The van der Waals surface area contributed by atoms with Gasteiger partial charge in [-0.25, -0.2) is 0 Å². The highest BCUT2D eigenvalue weighted by Crippen LogP contribution is 2.49. The van der Waals surface area contributed by atoms with Gasteiger partial charge in [-0.15, -0.1) is 0 Å². The van der Waals surface area contributed by atoms with Crippen molar-refractivity contribution in [1.29, 1.82) is 0 Å². The molecule has 4 aromatic carbocycles.